The highest BCUT2D eigenvalue weighted by Crippen LogP contribution is 2.25. The van der Waals surface area contributed by atoms with Gasteiger partial charge in [0.05, 0.1) is 10.5 Å². The number of hydrogen-bond acceptors (Lipinski definition) is 5. The van der Waals surface area contributed by atoms with Crippen LogP contribution < -0.4 is 10.5 Å². The highest BCUT2D eigenvalue weighted by atomic mass is 32.2. The molecule has 0 saturated carbocycles. The summed E-state index contributed by atoms with van der Waals surface area (Å²) in [6.07, 6.45) is 3.23. The van der Waals surface area contributed by atoms with Crippen molar-refractivity contribution in [2.45, 2.75) is 29.4 Å². The highest BCUT2D eigenvalue weighted by Gasteiger charge is 2.24. The Balaban J connectivity index is 2.17. The number of carboxylic acids is 1. The Kier molecular flexibility index (Phi) is 5.13. The van der Waals surface area contributed by atoms with E-state index in [-0.39, 0.29) is 21.4 Å². The average molecular weight is 330 g/mol. The summed E-state index contributed by atoms with van der Waals surface area (Å²) >= 11 is 1.75. The molecule has 0 radical (unpaired) electrons. The van der Waals surface area contributed by atoms with E-state index in [0.29, 0.717) is 6.54 Å². The van der Waals surface area contributed by atoms with E-state index in [1.807, 2.05) is 0 Å². The maximum atomic E-state index is 12.3. The molecule has 0 spiro atoms. The minimum atomic E-state index is -3.85. The largest absolute Gasteiger partial charge is 0.478 e. The van der Waals surface area contributed by atoms with E-state index in [4.69, 9.17) is 10.8 Å². The van der Waals surface area contributed by atoms with Crippen molar-refractivity contribution in [3.63, 3.8) is 0 Å². The van der Waals surface area contributed by atoms with E-state index in [9.17, 15) is 13.2 Å². The fourth-order valence-corrected chi connectivity index (χ4v) is 4.80. The molecule has 6 nitrogen and oxygen atoms in total. The normalized spacial score (nSPS) is 19.3. The molecule has 1 heterocycles. The van der Waals surface area contributed by atoms with Crippen molar-refractivity contribution in [1.29, 1.82) is 0 Å². The van der Waals surface area contributed by atoms with Crippen LogP contribution in [0.3, 0.4) is 0 Å². The first kappa shape index (κ1) is 16.1. The maximum absolute atomic E-state index is 12.3. The third kappa shape index (κ3) is 4.12. The third-order valence-electron chi connectivity index (χ3n) is 3.30. The van der Waals surface area contributed by atoms with Crippen molar-refractivity contribution >= 4 is 33.4 Å². The zero-order chi connectivity index (χ0) is 15.5. The lowest BCUT2D eigenvalue weighted by Crippen LogP contribution is -2.32. The van der Waals surface area contributed by atoms with E-state index >= 15 is 0 Å². The van der Waals surface area contributed by atoms with Gasteiger partial charge in [-0.05, 0) is 36.8 Å². The van der Waals surface area contributed by atoms with Gasteiger partial charge >= 0.3 is 5.97 Å². The zero-order valence-electron chi connectivity index (χ0n) is 11.4. The molecule has 1 fully saturated rings. The predicted molar refractivity (Wildman–Crippen MR) is 83.1 cm³/mol. The molecule has 1 unspecified atom stereocenters. The molecule has 2 rings (SSSR count). The van der Waals surface area contributed by atoms with E-state index in [0.717, 1.165) is 31.1 Å². The van der Waals surface area contributed by atoms with E-state index < -0.39 is 16.0 Å². The van der Waals surface area contributed by atoms with Crippen LogP contribution >= 0.6 is 11.8 Å². The van der Waals surface area contributed by atoms with Gasteiger partial charge < -0.3 is 10.8 Å². The van der Waals surface area contributed by atoms with Crippen molar-refractivity contribution in [1.82, 2.24) is 4.72 Å². The molecular weight excluding hydrogens is 312 g/mol. The highest BCUT2D eigenvalue weighted by molar-refractivity contribution is 8.00. The minimum absolute atomic E-state index is 0.217. The number of nitrogens with two attached hydrogens (primary N) is 1. The lowest BCUT2D eigenvalue weighted by atomic mass is 10.2. The predicted octanol–water partition coefficient (Wildman–Crippen LogP) is 1.53. The van der Waals surface area contributed by atoms with Crippen LogP contribution in [0.2, 0.25) is 0 Å². The van der Waals surface area contributed by atoms with Crippen LogP contribution in [0.4, 0.5) is 5.69 Å². The van der Waals surface area contributed by atoms with Crippen molar-refractivity contribution in [2.75, 3.05) is 18.0 Å². The van der Waals surface area contributed by atoms with Gasteiger partial charge in [0, 0.05) is 17.5 Å². The molecule has 1 atom stereocenters. The summed E-state index contributed by atoms with van der Waals surface area (Å²) in [5, 5.41) is 9.36. The number of carboxylic acid groups (broad SMARTS) is 1. The Hall–Kier alpha value is -1.25. The number of sulfonamides is 1. The SMILES string of the molecule is Nc1ccc(S(=O)(=O)NCC2CCCCS2)c(C(=O)O)c1. The van der Waals surface area contributed by atoms with Crippen LogP contribution in [0.1, 0.15) is 29.6 Å². The van der Waals surface area contributed by atoms with Gasteiger partial charge in [0.25, 0.3) is 0 Å². The first-order chi connectivity index (χ1) is 9.90. The van der Waals surface area contributed by atoms with Gasteiger partial charge in [-0.25, -0.2) is 17.9 Å². The summed E-state index contributed by atoms with van der Waals surface area (Å²) in [4.78, 5) is 10.9. The number of aromatic carboxylic acids is 1. The van der Waals surface area contributed by atoms with Crippen LogP contribution in [0, 0.1) is 0 Å². The second-order valence-corrected chi connectivity index (χ2v) is 8.04. The minimum Gasteiger partial charge on any atom is -0.478 e. The van der Waals surface area contributed by atoms with Gasteiger partial charge in [0.15, 0.2) is 0 Å². The summed E-state index contributed by atoms with van der Waals surface area (Å²) in [5.74, 6) is -0.274. The number of nitrogen functional groups attached to an aromatic ring is 1. The second-order valence-electron chi connectivity index (χ2n) is 4.90. The smallest absolute Gasteiger partial charge is 0.337 e. The van der Waals surface area contributed by atoms with Crippen molar-refractivity contribution in [3.05, 3.63) is 23.8 Å². The topological polar surface area (TPSA) is 109 Å². The second kappa shape index (κ2) is 6.67. The Morgan fingerprint density at radius 2 is 2.19 bits per heavy atom. The number of thioether (sulfide) groups is 1. The number of hydrogen-bond donors (Lipinski definition) is 3. The Labute approximate surface area is 128 Å². The summed E-state index contributed by atoms with van der Waals surface area (Å²) < 4.78 is 27.1. The first-order valence-corrected chi connectivity index (χ1v) is 9.17. The number of rotatable bonds is 5. The van der Waals surface area contributed by atoms with Crippen LogP contribution in [0.15, 0.2) is 23.1 Å². The molecule has 1 aliphatic heterocycles. The molecule has 0 bridgehead atoms. The van der Waals surface area contributed by atoms with Crippen LogP contribution in [-0.4, -0.2) is 37.0 Å². The monoisotopic (exact) mass is 330 g/mol. The lowest BCUT2D eigenvalue weighted by Gasteiger charge is -2.21. The number of carbonyl (C=O) groups is 1. The van der Waals surface area contributed by atoms with Gasteiger partial charge in [-0.15, -0.1) is 0 Å². The standard InChI is InChI=1S/C13H18N2O4S2/c14-9-4-5-12(11(7-9)13(16)17)21(18,19)15-8-10-3-1-2-6-20-10/h4-5,7,10,15H,1-3,6,8,14H2,(H,16,17). The fourth-order valence-electron chi connectivity index (χ4n) is 2.20. The van der Waals surface area contributed by atoms with Crippen molar-refractivity contribution in [3.8, 4) is 0 Å². The third-order valence-corrected chi connectivity index (χ3v) is 6.18. The molecule has 0 aromatic heterocycles. The summed E-state index contributed by atoms with van der Waals surface area (Å²) in [5.41, 5.74) is 5.43. The molecule has 8 heteroatoms. The summed E-state index contributed by atoms with van der Waals surface area (Å²) in [6, 6.07) is 3.78. The molecule has 1 aliphatic rings. The molecular formula is C13H18N2O4S2. The first-order valence-electron chi connectivity index (χ1n) is 6.64. The molecule has 0 aliphatic carbocycles. The average Bonchev–Trinajstić information content (AvgIpc) is 2.46. The molecule has 21 heavy (non-hydrogen) atoms. The number of anilines is 1. The Bertz CT molecular complexity index is 625. The summed E-state index contributed by atoms with van der Waals surface area (Å²) in [6.45, 7) is 0.316. The zero-order valence-corrected chi connectivity index (χ0v) is 13.0. The van der Waals surface area contributed by atoms with Crippen LogP contribution in [-0.2, 0) is 10.0 Å². The van der Waals surface area contributed by atoms with Gasteiger partial charge in [-0.3, -0.25) is 0 Å². The fraction of sp³-hybridized carbons (Fsp3) is 0.462. The molecule has 116 valence electrons. The maximum Gasteiger partial charge on any atom is 0.337 e. The van der Waals surface area contributed by atoms with E-state index in [1.165, 1.54) is 12.1 Å². The molecule has 0 amide bonds. The molecule has 4 N–H and O–H groups in total. The van der Waals surface area contributed by atoms with Gasteiger partial charge in [-0.2, -0.15) is 11.8 Å². The van der Waals surface area contributed by atoms with Crippen molar-refractivity contribution in [2.24, 2.45) is 0 Å². The van der Waals surface area contributed by atoms with Gasteiger partial charge in [0.2, 0.25) is 10.0 Å². The van der Waals surface area contributed by atoms with Crippen LogP contribution in [0.5, 0.6) is 0 Å². The number of benzene rings is 1. The number of nitrogens with one attached hydrogen (secondary N) is 1. The molecule has 1 aromatic rings. The molecule has 1 saturated heterocycles. The Morgan fingerprint density at radius 1 is 1.43 bits per heavy atom. The quantitative estimate of drug-likeness (QED) is 0.706. The van der Waals surface area contributed by atoms with Gasteiger partial charge in [-0.1, -0.05) is 6.42 Å². The van der Waals surface area contributed by atoms with Gasteiger partial charge in [0.1, 0.15) is 0 Å². The van der Waals surface area contributed by atoms with E-state index in [2.05, 4.69) is 4.72 Å². The summed E-state index contributed by atoms with van der Waals surface area (Å²) in [7, 11) is -3.85. The lowest BCUT2D eigenvalue weighted by molar-refractivity contribution is 0.0692. The van der Waals surface area contributed by atoms with Crippen molar-refractivity contribution < 1.29 is 18.3 Å². The molecule has 1 aromatic carbocycles. The Morgan fingerprint density at radius 3 is 2.81 bits per heavy atom. The van der Waals surface area contributed by atoms with E-state index in [1.54, 1.807) is 11.8 Å². The van der Waals surface area contributed by atoms with Crippen LogP contribution in [0.25, 0.3) is 0 Å².